The SMILES string of the molecule is O=C(/C=C/c1cccs1)NNC(=O)C1CCCCC1. The fourth-order valence-corrected chi connectivity index (χ4v) is 2.79. The van der Waals surface area contributed by atoms with Gasteiger partial charge in [-0.25, -0.2) is 0 Å². The molecule has 1 aliphatic rings. The Labute approximate surface area is 116 Å². The number of hydrogen-bond donors (Lipinski definition) is 2. The third-order valence-electron chi connectivity index (χ3n) is 3.23. The maximum absolute atomic E-state index is 11.8. The van der Waals surface area contributed by atoms with Crippen molar-refractivity contribution < 1.29 is 9.59 Å². The van der Waals surface area contributed by atoms with E-state index in [9.17, 15) is 9.59 Å². The molecule has 0 unspecified atom stereocenters. The molecule has 0 atom stereocenters. The Bertz CT molecular complexity index is 448. The molecule has 2 rings (SSSR count). The van der Waals surface area contributed by atoms with E-state index in [1.807, 2.05) is 17.5 Å². The highest BCUT2D eigenvalue weighted by atomic mass is 32.1. The second-order valence-corrected chi connectivity index (χ2v) is 5.64. The predicted molar refractivity (Wildman–Crippen MR) is 76.2 cm³/mol. The Morgan fingerprint density at radius 3 is 2.68 bits per heavy atom. The lowest BCUT2D eigenvalue weighted by Crippen LogP contribution is -2.44. The molecule has 1 aliphatic carbocycles. The molecule has 19 heavy (non-hydrogen) atoms. The van der Waals surface area contributed by atoms with E-state index in [0.29, 0.717) is 0 Å². The first-order valence-corrected chi connectivity index (χ1v) is 7.45. The average Bonchev–Trinajstić information content (AvgIpc) is 2.96. The smallest absolute Gasteiger partial charge is 0.262 e. The van der Waals surface area contributed by atoms with Crippen molar-refractivity contribution in [2.45, 2.75) is 32.1 Å². The van der Waals surface area contributed by atoms with Gasteiger partial charge < -0.3 is 0 Å². The van der Waals surface area contributed by atoms with Gasteiger partial charge in [0.25, 0.3) is 5.91 Å². The van der Waals surface area contributed by atoms with Gasteiger partial charge in [0.2, 0.25) is 5.91 Å². The van der Waals surface area contributed by atoms with Crippen LogP contribution in [0.15, 0.2) is 23.6 Å². The molecule has 1 fully saturated rings. The van der Waals surface area contributed by atoms with Crippen LogP contribution < -0.4 is 10.9 Å². The summed E-state index contributed by atoms with van der Waals surface area (Å²) < 4.78 is 0. The fourth-order valence-electron chi connectivity index (χ4n) is 2.18. The number of nitrogens with one attached hydrogen (secondary N) is 2. The lowest BCUT2D eigenvalue weighted by molar-refractivity contribution is -0.130. The summed E-state index contributed by atoms with van der Waals surface area (Å²) in [6.45, 7) is 0. The molecule has 0 radical (unpaired) electrons. The highest BCUT2D eigenvalue weighted by Gasteiger charge is 2.20. The van der Waals surface area contributed by atoms with E-state index in [0.717, 1.165) is 30.6 Å². The topological polar surface area (TPSA) is 58.2 Å². The van der Waals surface area contributed by atoms with Gasteiger partial charge in [-0.3, -0.25) is 20.4 Å². The molecule has 2 N–H and O–H groups in total. The minimum absolute atomic E-state index is 0.0512. The van der Waals surface area contributed by atoms with Gasteiger partial charge in [0.15, 0.2) is 0 Å². The van der Waals surface area contributed by atoms with Crippen LogP contribution in [-0.2, 0) is 9.59 Å². The number of hydrogen-bond acceptors (Lipinski definition) is 3. The molecular formula is C14H18N2O2S. The summed E-state index contributed by atoms with van der Waals surface area (Å²) in [5, 5.41) is 1.95. The predicted octanol–water partition coefficient (Wildman–Crippen LogP) is 2.49. The van der Waals surface area contributed by atoms with E-state index < -0.39 is 0 Å². The third-order valence-corrected chi connectivity index (χ3v) is 4.06. The summed E-state index contributed by atoms with van der Waals surface area (Å²) in [6, 6.07) is 3.85. The summed E-state index contributed by atoms with van der Waals surface area (Å²) >= 11 is 1.56. The summed E-state index contributed by atoms with van der Waals surface area (Å²) in [5.74, 6) is -0.328. The number of thiophene rings is 1. The largest absolute Gasteiger partial charge is 0.273 e. The van der Waals surface area contributed by atoms with Gasteiger partial charge in [-0.2, -0.15) is 0 Å². The lowest BCUT2D eigenvalue weighted by Gasteiger charge is -2.20. The maximum atomic E-state index is 11.8. The van der Waals surface area contributed by atoms with Gasteiger partial charge in [-0.15, -0.1) is 11.3 Å². The molecule has 1 heterocycles. The molecule has 0 aromatic carbocycles. The van der Waals surface area contributed by atoms with Crippen LogP contribution in [0.5, 0.6) is 0 Å². The van der Waals surface area contributed by atoms with E-state index in [1.165, 1.54) is 12.5 Å². The van der Waals surface area contributed by atoms with Crippen molar-refractivity contribution in [2.24, 2.45) is 5.92 Å². The molecule has 0 saturated heterocycles. The van der Waals surface area contributed by atoms with E-state index in [4.69, 9.17) is 0 Å². The molecule has 102 valence electrons. The van der Waals surface area contributed by atoms with Crippen LogP contribution in [0.2, 0.25) is 0 Å². The van der Waals surface area contributed by atoms with Crippen LogP contribution >= 0.6 is 11.3 Å². The van der Waals surface area contributed by atoms with E-state index >= 15 is 0 Å². The molecule has 4 nitrogen and oxygen atoms in total. The Kier molecular flexibility index (Phi) is 5.15. The standard InChI is InChI=1S/C14H18N2O2S/c17-13(9-8-12-7-4-10-19-12)15-16-14(18)11-5-2-1-3-6-11/h4,7-11H,1-3,5-6H2,(H,15,17)(H,16,18)/b9-8+. The van der Waals surface area contributed by atoms with Gasteiger partial charge in [0, 0.05) is 16.9 Å². The molecule has 1 aromatic heterocycles. The van der Waals surface area contributed by atoms with Crippen LogP contribution in [0.25, 0.3) is 6.08 Å². The molecule has 1 saturated carbocycles. The highest BCUT2D eigenvalue weighted by molar-refractivity contribution is 7.10. The molecular weight excluding hydrogens is 260 g/mol. The molecule has 0 bridgehead atoms. The third kappa shape index (κ3) is 4.52. The number of carbonyl (C=O) groups excluding carboxylic acids is 2. The van der Waals surface area contributed by atoms with Crippen molar-refractivity contribution in [3.05, 3.63) is 28.5 Å². The van der Waals surface area contributed by atoms with Gasteiger partial charge in [-0.05, 0) is 30.4 Å². The fraction of sp³-hybridized carbons (Fsp3) is 0.429. The summed E-state index contributed by atoms with van der Waals surface area (Å²) in [7, 11) is 0. The minimum Gasteiger partial charge on any atom is -0.273 e. The number of amides is 2. The monoisotopic (exact) mass is 278 g/mol. The Balaban J connectivity index is 1.72. The Morgan fingerprint density at radius 2 is 2.00 bits per heavy atom. The van der Waals surface area contributed by atoms with Crippen molar-refractivity contribution in [1.29, 1.82) is 0 Å². The molecule has 5 heteroatoms. The summed E-state index contributed by atoms with van der Waals surface area (Å²) in [5.41, 5.74) is 4.92. The quantitative estimate of drug-likeness (QED) is 0.659. The van der Waals surface area contributed by atoms with Crippen LogP contribution in [0.1, 0.15) is 37.0 Å². The van der Waals surface area contributed by atoms with Gasteiger partial charge in [0.1, 0.15) is 0 Å². The number of rotatable bonds is 3. The van der Waals surface area contributed by atoms with Gasteiger partial charge in [-0.1, -0.05) is 25.3 Å². The second kappa shape index (κ2) is 7.09. The van der Waals surface area contributed by atoms with Gasteiger partial charge in [0.05, 0.1) is 0 Å². The van der Waals surface area contributed by atoms with Crippen LogP contribution in [0, 0.1) is 5.92 Å². The van der Waals surface area contributed by atoms with Crippen molar-refractivity contribution in [1.82, 2.24) is 10.9 Å². The second-order valence-electron chi connectivity index (χ2n) is 4.66. The van der Waals surface area contributed by atoms with Crippen molar-refractivity contribution in [3.8, 4) is 0 Å². The zero-order valence-corrected chi connectivity index (χ0v) is 11.5. The van der Waals surface area contributed by atoms with Crippen LogP contribution in [0.3, 0.4) is 0 Å². The average molecular weight is 278 g/mol. The van der Waals surface area contributed by atoms with Crippen molar-refractivity contribution in [2.75, 3.05) is 0 Å². The van der Waals surface area contributed by atoms with Crippen molar-refractivity contribution in [3.63, 3.8) is 0 Å². The van der Waals surface area contributed by atoms with E-state index in [1.54, 1.807) is 17.4 Å². The van der Waals surface area contributed by atoms with Crippen molar-refractivity contribution >= 4 is 29.2 Å². The van der Waals surface area contributed by atoms with E-state index in [2.05, 4.69) is 10.9 Å². The normalized spacial score (nSPS) is 16.4. The number of carbonyl (C=O) groups is 2. The zero-order chi connectivity index (χ0) is 13.5. The first-order chi connectivity index (χ1) is 9.25. The van der Waals surface area contributed by atoms with Crippen LogP contribution in [0.4, 0.5) is 0 Å². The molecule has 0 spiro atoms. The zero-order valence-electron chi connectivity index (χ0n) is 10.7. The molecule has 0 aliphatic heterocycles. The van der Waals surface area contributed by atoms with Crippen LogP contribution in [-0.4, -0.2) is 11.8 Å². The molecule has 2 amide bonds. The highest BCUT2D eigenvalue weighted by Crippen LogP contribution is 2.23. The first-order valence-electron chi connectivity index (χ1n) is 6.57. The Hall–Kier alpha value is -1.62. The summed E-state index contributed by atoms with van der Waals surface area (Å²) in [4.78, 5) is 24.3. The minimum atomic E-state index is -0.308. The number of hydrazine groups is 1. The maximum Gasteiger partial charge on any atom is 0.262 e. The molecule has 1 aromatic rings. The first kappa shape index (κ1) is 13.8. The van der Waals surface area contributed by atoms with Gasteiger partial charge >= 0.3 is 0 Å². The van der Waals surface area contributed by atoms with E-state index in [-0.39, 0.29) is 17.7 Å². The lowest BCUT2D eigenvalue weighted by atomic mass is 9.89. The summed E-state index contributed by atoms with van der Waals surface area (Å²) in [6.07, 6.45) is 8.41. The Morgan fingerprint density at radius 1 is 1.21 bits per heavy atom.